The molecule has 0 spiro atoms. The maximum Gasteiger partial charge on any atom is 0.283 e. The molecule has 1 amide bonds. The molecule has 1 heterocycles. The van der Waals surface area contributed by atoms with E-state index in [0.717, 1.165) is 16.1 Å². The highest BCUT2D eigenvalue weighted by Crippen LogP contribution is 2.26. The van der Waals surface area contributed by atoms with Crippen molar-refractivity contribution in [2.45, 2.75) is 20.4 Å². The maximum absolute atomic E-state index is 13.3. The molecule has 27 heavy (non-hydrogen) atoms. The lowest BCUT2D eigenvalue weighted by Crippen LogP contribution is -2.17. The summed E-state index contributed by atoms with van der Waals surface area (Å²) in [6, 6.07) is 11.1. The van der Waals surface area contributed by atoms with Crippen molar-refractivity contribution < 1.29 is 13.9 Å². The summed E-state index contributed by atoms with van der Waals surface area (Å²) in [7, 11) is 1.49. The number of hydrogen-bond acceptors (Lipinski definition) is 3. The van der Waals surface area contributed by atoms with E-state index in [-0.39, 0.29) is 5.82 Å². The van der Waals surface area contributed by atoms with Crippen LogP contribution < -0.4 is 9.54 Å². The van der Waals surface area contributed by atoms with Gasteiger partial charge < -0.3 is 9.30 Å². The molecule has 2 aromatic carbocycles. The Morgan fingerprint density at radius 1 is 1.26 bits per heavy atom. The van der Waals surface area contributed by atoms with E-state index in [1.165, 1.54) is 30.6 Å². The Morgan fingerprint density at radius 3 is 2.59 bits per heavy atom. The van der Waals surface area contributed by atoms with Crippen molar-refractivity contribution in [2.75, 3.05) is 7.11 Å². The summed E-state index contributed by atoms with van der Waals surface area (Å²) in [6.07, 6.45) is 0. The zero-order chi connectivity index (χ0) is 19.6. The minimum atomic E-state index is -0.427. The normalized spacial score (nSPS) is 11.7. The molecule has 0 bridgehead atoms. The minimum absolute atomic E-state index is 0.289. The van der Waals surface area contributed by atoms with Gasteiger partial charge in [0.15, 0.2) is 4.80 Å². The first-order valence-electron chi connectivity index (χ1n) is 8.33. The highest BCUT2D eigenvalue weighted by atomic mass is 35.5. The van der Waals surface area contributed by atoms with Gasteiger partial charge in [0, 0.05) is 16.4 Å². The molecule has 4 nitrogen and oxygen atoms in total. The molecule has 0 saturated heterocycles. The van der Waals surface area contributed by atoms with E-state index in [1.54, 1.807) is 30.3 Å². The van der Waals surface area contributed by atoms with Crippen LogP contribution in [0.2, 0.25) is 5.02 Å². The highest BCUT2D eigenvalue weighted by Gasteiger charge is 2.16. The van der Waals surface area contributed by atoms with Gasteiger partial charge in [-0.2, -0.15) is 4.99 Å². The molecule has 0 fully saturated rings. The number of aryl methyl sites for hydroxylation is 1. The predicted octanol–water partition coefficient (Wildman–Crippen LogP) is 5.09. The van der Waals surface area contributed by atoms with Crippen LogP contribution in [-0.2, 0) is 6.54 Å². The molecule has 3 rings (SSSR count). The molecule has 0 radical (unpaired) electrons. The van der Waals surface area contributed by atoms with Crippen molar-refractivity contribution in [1.29, 1.82) is 0 Å². The second-order valence-corrected chi connectivity index (χ2v) is 7.42. The average molecular weight is 405 g/mol. The number of carbonyl (C=O) groups excluding carboxylic acids is 1. The fourth-order valence-corrected chi connectivity index (χ4v) is 4.09. The summed E-state index contributed by atoms with van der Waals surface area (Å²) < 4.78 is 20.5. The molecule has 0 atom stereocenters. The molecule has 0 saturated carbocycles. The van der Waals surface area contributed by atoms with Gasteiger partial charge in [-0.05, 0) is 61.9 Å². The quantitative estimate of drug-likeness (QED) is 0.608. The zero-order valence-electron chi connectivity index (χ0n) is 15.1. The van der Waals surface area contributed by atoms with Crippen LogP contribution >= 0.6 is 22.9 Å². The third kappa shape index (κ3) is 3.96. The molecule has 0 aliphatic rings. The van der Waals surface area contributed by atoms with Crippen molar-refractivity contribution in [2.24, 2.45) is 4.99 Å². The average Bonchev–Trinajstić information content (AvgIpc) is 2.97. The fraction of sp³-hybridized carbons (Fsp3) is 0.200. The number of rotatable bonds is 4. The number of halogens is 2. The van der Waals surface area contributed by atoms with Gasteiger partial charge in [0.25, 0.3) is 5.91 Å². The number of methoxy groups -OCH3 is 1. The summed E-state index contributed by atoms with van der Waals surface area (Å²) in [5.41, 5.74) is 2.11. The van der Waals surface area contributed by atoms with Gasteiger partial charge in [-0.15, -0.1) is 11.3 Å². The summed E-state index contributed by atoms with van der Waals surface area (Å²) in [5, 5.41) is 0.437. The van der Waals surface area contributed by atoms with Crippen molar-refractivity contribution >= 4 is 28.8 Å². The first-order chi connectivity index (χ1) is 12.9. The maximum atomic E-state index is 13.3. The third-order valence-electron chi connectivity index (χ3n) is 4.10. The number of amides is 1. The van der Waals surface area contributed by atoms with E-state index in [1.807, 2.05) is 18.4 Å². The van der Waals surface area contributed by atoms with E-state index in [2.05, 4.69) is 4.99 Å². The van der Waals surface area contributed by atoms with Crippen LogP contribution in [0.5, 0.6) is 5.75 Å². The van der Waals surface area contributed by atoms with Gasteiger partial charge in [-0.25, -0.2) is 4.39 Å². The Hall–Kier alpha value is -2.44. The lowest BCUT2D eigenvalue weighted by molar-refractivity contribution is 0.0995. The number of nitrogens with zero attached hydrogens (tertiary/aromatic N) is 2. The fourth-order valence-electron chi connectivity index (χ4n) is 2.86. The Labute approximate surface area is 165 Å². The van der Waals surface area contributed by atoms with E-state index in [9.17, 15) is 9.18 Å². The van der Waals surface area contributed by atoms with Crippen molar-refractivity contribution in [3.63, 3.8) is 0 Å². The van der Waals surface area contributed by atoms with Crippen molar-refractivity contribution in [3.05, 3.63) is 68.5 Å². The van der Waals surface area contributed by atoms with Crippen LogP contribution in [0.25, 0.3) is 11.3 Å². The van der Waals surface area contributed by atoms with Gasteiger partial charge in [0.1, 0.15) is 11.6 Å². The third-order valence-corrected chi connectivity index (χ3v) is 5.33. The number of hydrogen-bond donors (Lipinski definition) is 0. The first kappa shape index (κ1) is 19.3. The molecule has 0 aliphatic heterocycles. The first-order valence-corrected chi connectivity index (χ1v) is 9.52. The molecule has 1 aromatic heterocycles. The molecule has 0 unspecified atom stereocenters. The van der Waals surface area contributed by atoms with Gasteiger partial charge in [0.2, 0.25) is 0 Å². The second-order valence-electron chi connectivity index (χ2n) is 5.80. The standard InChI is InChI=1S/C20H18ClFN2O2S/c1-4-24-18(13-5-8-15(22)9-6-13)12(2)27-20(24)23-19(25)16-11-14(21)7-10-17(16)26-3/h5-11H,4H2,1-3H3. The molecular formula is C20H18ClFN2O2S. The van der Waals surface area contributed by atoms with E-state index in [0.29, 0.717) is 27.7 Å². The monoisotopic (exact) mass is 404 g/mol. The second kappa shape index (κ2) is 8.06. The van der Waals surface area contributed by atoms with Crippen LogP contribution in [0, 0.1) is 12.7 Å². The van der Waals surface area contributed by atoms with Crippen LogP contribution in [0.15, 0.2) is 47.5 Å². The molecule has 140 valence electrons. The van der Waals surface area contributed by atoms with Crippen LogP contribution in [-0.4, -0.2) is 17.6 Å². The van der Waals surface area contributed by atoms with Crippen LogP contribution in [0.3, 0.4) is 0 Å². The molecule has 3 aromatic rings. The Kier molecular flexibility index (Phi) is 5.77. The number of ether oxygens (including phenoxy) is 1. The highest BCUT2D eigenvalue weighted by molar-refractivity contribution is 7.09. The lowest BCUT2D eigenvalue weighted by Gasteiger charge is -2.08. The van der Waals surface area contributed by atoms with Crippen LogP contribution in [0.4, 0.5) is 4.39 Å². The van der Waals surface area contributed by atoms with Gasteiger partial charge in [0.05, 0.1) is 18.4 Å². The zero-order valence-corrected chi connectivity index (χ0v) is 16.7. The summed E-state index contributed by atoms with van der Waals surface area (Å²) in [5.74, 6) is -0.297. The SMILES string of the molecule is CCn1c(-c2ccc(F)cc2)c(C)sc1=NC(=O)c1cc(Cl)ccc1OC. The van der Waals surface area contributed by atoms with Gasteiger partial charge >= 0.3 is 0 Å². The summed E-state index contributed by atoms with van der Waals surface area (Å²) in [4.78, 5) is 18.6. The van der Waals surface area contributed by atoms with Gasteiger partial charge in [-0.3, -0.25) is 4.79 Å². The molecule has 7 heteroatoms. The Balaban J connectivity index is 2.12. The van der Waals surface area contributed by atoms with Crippen LogP contribution in [0.1, 0.15) is 22.2 Å². The predicted molar refractivity (Wildman–Crippen MR) is 106 cm³/mol. The smallest absolute Gasteiger partial charge is 0.283 e. The summed E-state index contributed by atoms with van der Waals surface area (Å²) in [6.45, 7) is 4.55. The Morgan fingerprint density at radius 2 is 1.96 bits per heavy atom. The number of thiazole rings is 1. The topological polar surface area (TPSA) is 43.6 Å². The molecule has 0 N–H and O–H groups in total. The van der Waals surface area contributed by atoms with E-state index < -0.39 is 5.91 Å². The lowest BCUT2D eigenvalue weighted by atomic mass is 10.1. The minimum Gasteiger partial charge on any atom is -0.496 e. The number of carbonyl (C=O) groups is 1. The molecule has 0 aliphatic carbocycles. The molecular weight excluding hydrogens is 387 g/mol. The van der Waals surface area contributed by atoms with E-state index in [4.69, 9.17) is 16.3 Å². The van der Waals surface area contributed by atoms with E-state index >= 15 is 0 Å². The Bertz CT molecular complexity index is 1050. The number of aromatic nitrogens is 1. The van der Waals surface area contributed by atoms with Gasteiger partial charge in [-0.1, -0.05) is 11.6 Å². The van der Waals surface area contributed by atoms with Crippen molar-refractivity contribution in [1.82, 2.24) is 4.57 Å². The number of benzene rings is 2. The van der Waals surface area contributed by atoms with Crippen molar-refractivity contribution in [3.8, 4) is 17.0 Å². The summed E-state index contributed by atoms with van der Waals surface area (Å²) >= 11 is 7.43. The largest absolute Gasteiger partial charge is 0.496 e.